The first-order valence-electron chi connectivity index (χ1n) is 6.43. The molecule has 1 aromatic rings. The number of carboxylic acids is 1. The van der Waals surface area contributed by atoms with E-state index in [2.05, 4.69) is 5.32 Å². The molecule has 20 heavy (non-hydrogen) atoms. The number of aliphatic hydroxyl groups is 1. The first kappa shape index (κ1) is 16.0. The Labute approximate surface area is 118 Å². The molecule has 2 amide bonds. The van der Waals surface area contributed by atoms with Crippen LogP contribution in [0.4, 0.5) is 4.79 Å². The maximum absolute atomic E-state index is 11.9. The van der Waals surface area contributed by atoms with Crippen LogP contribution in [0.5, 0.6) is 0 Å². The van der Waals surface area contributed by atoms with Crippen LogP contribution in [0.25, 0.3) is 0 Å². The summed E-state index contributed by atoms with van der Waals surface area (Å²) in [5.41, 5.74) is 1.03. The Bertz CT molecular complexity index is 457. The Balaban J connectivity index is 2.57. The van der Waals surface area contributed by atoms with Crippen LogP contribution in [0.3, 0.4) is 0 Å². The molecule has 110 valence electrons. The van der Waals surface area contributed by atoms with E-state index >= 15 is 0 Å². The third kappa shape index (κ3) is 4.55. The van der Waals surface area contributed by atoms with E-state index in [1.165, 1.54) is 17.0 Å². The van der Waals surface area contributed by atoms with E-state index in [1.807, 2.05) is 13.8 Å². The van der Waals surface area contributed by atoms with E-state index < -0.39 is 5.97 Å². The number of carboxylic acid groups (broad SMARTS) is 1. The number of hydrogen-bond donors (Lipinski definition) is 3. The van der Waals surface area contributed by atoms with Crippen LogP contribution in [-0.2, 0) is 6.54 Å². The van der Waals surface area contributed by atoms with Crippen molar-refractivity contribution in [3.8, 4) is 0 Å². The lowest BCUT2D eigenvalue weighted by molar-refractivity contribution is 0.0697. The minimum absolute atomic E-state index is 0.00321. The molecule has 0 atom stereocenters. The molecule has 0 aliphatic heterocycles. The maximum atomic E-state index is 11.9. The number of hydrogen-bond acceptors (Lipinski definition) is 3. The van der Waals surface area contributed by atoms with Crippen molar-refractivity contribution in [2.24, 2.45) is 0 Å². The number of benzene rings is 1. The van der Waals surface area contributed by atoms with Gasteiger partial charge in [0.25, 0.3) is 0 Å². The maximum Gasteiger partial charge on any atom is 0.335 e. The Morgan fingerprint density at radius 2 is 1.85 bits per heavy atom. The molecule has 0 radical (unpaired) electrons. The number of aliphatic hydroxyl groups excluding tert-OH is 1. The summed E-state index contributed by atoms with van der Waals surface area (Å²) in [5, 5.41) is 20.5. The molecule has 6 nitrogen and oxygen atoms in total. The number of carbonyl (C=O) groups excluding carboxylic acids is 1. The Kier molecular flexibility index (Phi) is 5.99. The standard InChI is InChI=1S/C14H20N2O4/c1-10(2)16(7-8-17)14(20)15-9-11-3-5-12(6-4-11)13(18)19/h3-6,10,17H,7-9H2,1-2H3,(H,15,20)(H,18,19). The highest BCUT2D eigenvalue weighted by molar-refractivity contribution is 5.87. The van der Waals surface area contributed by atoms with Crippen molar-refractivity contribution >= 4 is 12.0 Å². The zero-order valence-corrected chi connectivity index (χ0v) is 11.7. The zero-order valence-electron chi connectivity index (χ0n) is 11.7. The van der Waals surface area contributed by atoms with Crippen molar-refractivity contribution in [2.75, 3.05) is 13.2 Å². The van der Waals surface area contributed by atoms with Crippen molar-refractivity contribution in [3.63, 3.8) is 0 Å². The highest BCUT2D eigenvalue weighted by atomic mass is 16.4. The van der Waals surface area contributed by atoms with Gasteiger partial charge in [-0.15, -0.1) is 0 Å². The fourth-order valence-corrected chi connectivity index (χ4v) is 1.75. The lowest BCUT2D eigenvalue weighted by atomic mass is 10.1. The number of aromatic carboxylic acids is 1. The van der Waals surface area contributed by atoms with Crippen molar-refractivity contribution in [3.05, 3.63) is 35.4 Å². The molecule has 0 spiro atoms. The smallest absolute Gasteiger partial charge is 0.335 e. The molecule has 0 bridgehead atoms. The van der Waals surface area contributed by atoms with Gasteiger partial charge in [0.05, 0.1) is 12.2 Å². The highest BCUT2D eigenvalue weighted by Gasteiger charge is 2.15. The van der Waals surface area contributed by atoms with Crippen LogP contribution in [-0.4, -0.2) is 46.3 Å². The molecule has 1 rings (SSSR count). The molecule has 6 heteroatoms. The summed E-state index contributed by atoms with van der Waals surface area (Å²) in [6.45, 7) is 4.25. The molecule has 3 N–H and O–H groups in total. The van der Waals surface area contributed by atoms with Gasteiger partial charge in [-0.1, -0.05) is 12.1 Å². The molecule has 1 aromatic carbocycles. The average Bonchev–Trinajstić information content (AvgIpc) is 2.42. The van der Waals surface area contributed by atoms with Crippen LogP contribution < -0.4 is 5.32 Å². The first-order valence-corrected chi connectivity index (χ1v) is 6.43. The predicted octanol–water partition coefficient (Wildman–Crippen LogP) is 1.30. The number of carbonyl (C=O) groups is 2. The van der Waals surface area contributed by atoms with Crippen LogP contribution in [0.2, 0.25) is 0 Å². The molecule has 0 fully saturated rings. The summed E-state index contributed by atoms with van der Waals surface area (Å²) < 4.78 is 0. The summed E-state index contributed by atoms with van der Waals surface area (Å²) in [6.07, 6.45) is 0. The van der Waals surface area contributed by atoms with Crippen molar-refractivity contribution in [2.45, 2.75) is 26.4 Å². The third-order valence-corrected chi connectivity index (χ3v) is 2.87. The Hall–Kier alpha value is -2.08. The van der Waals surface area contributed by atoms with E-state index in [9.17, 15) is 9.59 Å². The molecule has 0 saturated heterocycles. The van der Waals surface area contributed by atoms with E-state index in [0.29, 0.717) is 6.54 Å². The van der Waals surface area contributed by atoms with E-state index in [-0.39, 0.29) is 30.8 Å². The fraction of sp³-hybridized carbons (Fsp3) is 0.429. The predicted molar refractivity (Wildman–Crippen MR) is 74.6 cm³/mol. The molecular formula is C14H20N2O4. The van der Waals surface area contributed by atoms with Gasteiger partial charge >= 0.3 is 12.0 Å². The van der Waals surface area contributed by atoms with Crippen LogP contribution in [0.1, 0.15) is 29.8 Å². The van der Waals surface area contributed by atoms with Gasteiger partial charge < -0.3 is 20.4 Å². The quantitative estimate of drug-likeness (QED) is 0.732. The van der Waals surface area contributed by atoms with E-state index in [4.69, 9.17) is 10.2 Å². The monoisotopic (exact) mass is 280 g/mol. The number of rotatable bonds is 6. The molecule has 0 heterocycles. The van der Waals surface area contributed by atoms with Crippen molar-refractivity contribution in [1.29, 1.82) is 0 Å². The lowest BCUT2D eigenvalue weighted by Gasteiger charge is -2.26. The van der Waals surface area contributed by atoms with Crippen LogP contribution >= 0.6 is 0 Å². The molecule has 0 aliphatic rings. The van der Waals surface area contributed by atoms with Gasteiger partial charge in [0.15, 0.2) is 0 Å². The van der Waals surface area contributed by atoms with Gasteiger partial charge in [0.2, 0.25) is 0 Å². The first-order chi connectivity index (χ1) is 9.45. The summed E-state index contributed by atoms with van der Waals surface area (Å²) >= 11 is 0. The summed E-state index contributed by atoms with van der Waals surface area (Å²) in [4.78, 5) is 24.2. The number of nitrogens with zero attached hydrogens (tertiary/aromatic N) is 1. The second-order valence-corrected chi connectivity index (χ2v) is 4.67. The molecular weight excluding hydrogens is 260 g/mol. The molecule has 0 aliphatic carbocycles. The largest absolute Gasteiger partial charge is 0.478 e. The molecule has 0 unspecified atom stereocenters. The van der Waals surface area contributed by atoms with Gasteiger partial charge in [-0.25, -0.2) is 9.59 Å². The lowest BCUT2D eigenvalue weighted by Crippen LogP contribution is -2.45. The minimum Gasteiger partial charge on any atom is -0.478 e. The second kappa shape index (κ2) is 7.49. The average molecular weight is 280 g/mol. The van der Waals surface area contributed by atoms with Gasteiger partial charge in [-0.3, -0.25) is 0 Å². The highest BCUT2D eigenvalue weighted by Crippen LogP contribution is 2.05. The fourth-order valence-electron chi connectivity index (χ4n) is 1.75. The van der Waals surface area contributed by atoms with Gasteiger partial charge in [-0.2, -0.15) is 0 Å². The molecule has 0 saturated carbocycles. The van der Waals surface area contributed by atoms with Crippen molar-refractivity contribution in [1.82, 2.24) is 10.2 Å². The Morgan fingerprint density at radius 3 is 2.30 bits per heavy atom. The topological polar surface area (TPSA) is 89.9 Å². The zero-order chi connectivity index (χ0) is 15.1. The Morgan fingerprint density at radius 1 is 1.25 bits per heavy atom. The van der Waals surface area contributed by atoms with E-state index in [1.54, 1.807) is 12.1 Å². The second-order valence-electron chi connectivity index (χ2n) is 4.67. The normalized spacial score (nSPS) is 10.4. The third-order valence-electron chi connectivity index (χ3n) is 2.87. The molecule has 0 aromatic heterocycles. The van der Waals surface area contributed by atoms with Gasteiger partial charge in [0.1, 0.15) is 0 Å². The number of nitrogens with one attached hydrogen (secondary N) is 1. The minimum atomic E-state index is -0.977. The number of urea groups is 1. The van der Waals surface area contributed by atoms with Crippen molar-refractivity contribution < 1.29 is 19.8 Å². The summed E-state index contributed by atoms with van der Waals surface area (Å²) in [7, 11) is 0. The van der Waals surface area contributed by atoms with Gasteiger partial charge in [-0.05, 0) is 31.5 Å². The number of amides is 2. The van der Waals surface area contributed by atoms with Crippen LogP contribution in [0, 0.1) is 0 Å². The van der Waals surface area contributed by atoms with E-state index in [0.717, 1.165) is 5.56 Å². The summed E-state index contributed by atoms with van der Waals surface area (Å²) in [5.74, 6) is -0.977. The SMILES string of the molecule is CC(C)N(CCO)C(=O)NCc1ccc(C(=O)O)cc1. The summed E-state index contributed by atoms with van der Waals surface area (Å²) in [6, 6.07) is 6.06. The van der Waals surface area contributed by atoms with Gasteiger partial charge in [0, 0.05) is 19.1 Å². The van der Waals surface area contributed by atoms with Crippen LogP contribution in [0.15, 0.2) is 24.3 Å².